The van der Waals surface area contributed by atoms with Crippen LogP contribution in [0, 0.1) is 0 Å². The van der Waals surface area contributed by atoms with Gasteiger partial charge in [0.15, 0.2) is 12.6 Å². The highest BCUT2D eigenvalue weighted by atomic mass is 16.7. The van der Waals surface area contributed by atoms with Gasteiger partial charge < -0.3 is 50.2 Å². The van der Waals surface area contributed by atoms with Crippen LogP contribution in [0.4, 0.5) is 0 Å². The lowest BCUT2D eigenvalue weighted by Gasteiger charge is -2.46. The molecule has 11 nitrogen and oxygen atoms in total. The fraction of sp³-hybridized carbons (Fsp3) is 0.929. The van der Waals surface area contributed by atoms with Crippen molar-refractivity contribution in [2.75, 3.05) is 6.61 Å². The molecule has 0 aromatic rings. The van der Waals surface area contributed by atoms with E-state index in [0.717, 1.165) is 0 Å². The van der Waals surface area contributed by atoms with Crippen LogP contribution in [0.15, 0.2) is 0 Å². The maximum absolute atomic E-state index is 11.3. The number of carbonyl (C=O) groups is 1. The molecule has 11 heteroatoms. The zero-order valence-electron chi connectivity index (χ0n) is 13.8. The van der Waals surface area contributed by atoms with Gasteiger partial charge in [0.1, 0.15) is 42.7 Å². The van der Waals surface area contributed by atoms with E-state index in [0.29, 0.717) is 0 Å². The molecule has 0 saturated carbocycles. The van der Waals surface area contributed by atoms with Gasteiger partial charge in [0.2, 0.25) is 5.91 Å². The first-order valence-corrected chi connectivity index (χ1v) is 7.92. The molecule has 2 rings (SSSR count). The van der Waals surface area contributed by atoms with E-state index in [1.54, 1.807) is 0 Å². The largest absolute Gasteiger partial charge is 0.394 e. The van der Waals surface area contributed by atoms with E-state index < -0.39 is 73.9 Å². The molecule has 7 N–H and O–H groups in total. The summed E-state index contributed by atoms with van der Waals surface area (Å²) in [5.74, 6) is -0.537. The second-order valence-corrected chi connectivity index (χ2v) is 6.25. The number of hydrogen-bond acceptors (Lipinski definition) is 10. The smallest absolute Gasteiger partial charge is 0.217 e. The van der Waals surface area contributed by atoms with E-state index in [4.69, 9.17) is 14.2 Å². The molecule has 2 saturated heterocycles. The lowest BCUT2D eigenvalue weighted by molar-refractivity contribution is -0.337. The molecule has 0 radical (unpaired) electrons. The Kier molecular flexibility index (Phi) is 6.70. The highest BCUT2D eigenvalue weighted by molar-refractivity contribution is 5.73. The van der Waals surface area contributed by atoms with Crippen LogP contribution in [0.3, 0.4) is 0 Å². The van der Waals surface area contributed by atoms with E-state index in [2.05, 4.69) is 5.32 Å². The number of amides is 1. The third-order valence-electron chi connectivity index (χ3n) is 4.34. The fourth-order valence-electron chi connectivity index (χ4n) is 2.92. The normalized spacial score (nSPS) is 48.2. The van der Waals surface area contributed by atoms with Gasteiger partial charge in [-0.05, 0) is 6.92 Å². The minimum atomic E-state index is -1.64. The molecule has 0 aromatic heterocycles. The molecule has 0 bridgehead atoms. The van der Waals surface area contributed by atoms with E-state index in [1.165, 1.54) is 13.8 Å². The molecule has 2 aliphatic rings. The second-order valence-electron chi connectivity index (χ2n) is 6.25. The van der Waals surface area contributed by atoms with Crippen LogP contribution in [-0.2, 0) is 19.0 Å². The second kappa shape index (κ2) is 8.20. The molecule has 2 fully saturated rings. The molecule has 2 heterocycles. The number of nitrogens with one attached hydrogen (secondary N) is 1. The minimum absolute atomic E-state index is 0.537. The van der Waals surface area contributed by atoms with E-state index in [9.17, 15) is 35.4 Å². The fourth-order valence-corrected chi connectivity index (χ4v) is 2.92. The predicted molar refractivity (Wildman–Crippen MR) is 78.8 cm³/mol. The van der Waals surface area contributed by atoms with Crippen molar-refractivity contribution in [3.63, 3.8) is 0 Å². The van der Waals surface area contributed by atoms with Crippen molar-refractivity contribution in [2.45, 2.75) is 75.2 Å². The first-order valence-electron chi connectivity index (χ1n) is 7.92. The Bertz CT molecular complexity index is 465. The SMILES string of the molecule is CC(=O)NC1C(O[C@@H]2OC(C)[C@@H](O)C(O)C2O)[C@H](O)C(CO)O[C@H]1O. The van der Waals surface area contributed by atoms with Gasteiger partial charge in [0.25, 0.3) is 0 Å². The predicted octanol–water partition coefficient (Wildman–Crippen LogP) is -4.23. The molecule has 146 valence electrons. The lowest BCUT2D eigenvalue weighted by Crippen LogP contribution is -2.67. The highest BCUT2D eigenvalue weighted by Crippen LogP contribution is 2.28. The van der Waals surface area contributed by atoms with Gasteiger partial charge in [-0.2, -0.15) is 0 Å². The van der Waals surface area contributed by atoms with Crippen molar-refractivity contribution in [1.29, 1.82) is 0 Å². The quantitative estimate of drug-likeness (QED) is 0.257. The summed E-state index contributed by atoms with van der Waals surface area (Å²) in [6.45, 7) is 2.01. The summed E-state index contributed by atoms with van der Waals surface area (Å²) in [7, 11) is 0. The minimum Gasteiger partial charge on any atom is -0.394 e. The van der Waals surface area contributed by atoms with E-state index in [-0.39, 0.29) is 0 Å². The Morgan fingerprint density at radius 2 is 1.68 bits per heavy atom. The number of ether oxygens (including phenoxy) is 3. The standard InChI is InChI=1S/C14H25NO10/c1-4-8(18)10(20)11(21)14(23-4)25-12-7(15-5(2)17)13(22)24-6(3-16)9(12)19/h4,6-14,16,18-22H,3H2,1-2H3,(H,15,17)/t4?,6?,7?,8-,9-,10?,11?,12?,13-,14+/m1/s1. The van der Waals surface area contributed by atoms with Gasteiger partial charge in [-0.25, -0.2) is 0 Å². The monoisotopic (exact) mass is 367 g/mol. The van der Waals surface area contributed by atoms with Crippen molar-refractivity contribution in [1.82, 2.24) is 5.32 Å². The summed E-state index contributed by atoms with van der Waals surface area (Å²) in [4.78, 5) is 11.3. The molecule has 0 aromatic carbocycles. The Morgan fingerprint density at radius 1 is 1.04 bits per heavy atom. The molecular weight excluding hydrogens is 342 g/mol. The number of aliphatic hydroxyl groups excluding tert-OH is 6. The zero-order valence-corrected chi connectivity index (χ0v) is 13.8. The number of aliphatic hydroxyl groups is 6. The Labute approximate surface area is 143 Å². The van der Waals surface area contributed by atoms with Crippen LogP contribution in [0.5, 0.6) is 0 Å². The Hall–Kier alpha value is -0.890. The zero-order chi connectivity index (χ0) is 18.9. The average Bonchev–Trinajstić information content (AvgIpc) is 2.56. The van der Waals surface area contributed by atoms with E-state index in [1.807, 2.05) is 0 Å². The third kappa shape index (κ3) is 4.27. The maximum Gasteiger partial charge on any atom is 0.217 e. The summed E-state index contributed by atoms with van der Waals surface area (Å²) in [5.41, 5.74) is 0. The van der Waals surface area contributed by atoms with Gasteiger partial charge in [-0.3, -0.25) is 4.79 Å². The molecule has 0 spiro atoms. The molecule has 10 atom stereocenters. The van der Waals surface area contributed by atoms with Crippen LogP contribution in [0.2, 0.25) is 0 Å². The lowest BCUT2D eigenvalue weighted by atomic mass is 9.95. The number of carbonyl (C=O) groups excluding carboxylic acids is 1. The first-order chi connectivity index (χ1) is 11.7. The highest BCUT2D eigenvalue weighted by Gasteiger charge is 2.50. The summed E-state index contributed by atoms with van der Waals surface area (Å²) >= 11 is 0. The topological polar surface area (TPSA) is 178 Å². The maximum atomic E-state index is 11.3. The number of rotatable bonds is 4. The van der Waals surface area contributed by atoms with Crippen LogP contribution in [-0.4, -0.2) is 105 Å². The van der Waals surface area contributed by atoms with Crippen molar-refractivity contribution >= 4 is 5.91 Å². The molecular formula is C14H25NO10. The van der Waals surface area contributed by atoms with Gasteiger partial charge in [-0.1, -0.05) is 0 Å². The summed E-state index contributed by atoms with van der Waals surface area (Å²) in [5, 5.41) is 61.5. The Balaban J connectivity index is 2.20. The van der Waals surface area contributed by atoms with Crippen LogP contribution < -0.4 is 5.32 Å². The molecule has 0 aliphatic carbocycles. The number of hydrogen-bond donors (Lipinski definition) is 7. The first kappa shape index (κ1) is 20.4. The molecule has 25 heavy (non-hydrogen) atoms. The third-order valence-corrected chi connectivity index (χ3v) is 4.34. The van der Waals surface area contributed by atoms with Crippen molar-refractivity contribution in [2.24, 2.45) is 0 Å². The summed E-state index contributed by atoms with van der Waals surface area (Å²) in [6, 6.07) is -1.22. The molecule has 1 amide bonds. The van der Waals surface area contributed by atoms with Gasteiger partial charge in [-0.15, -0.1) is 0 Å². The summed E-state index contributed by atoms with van der Waals surface area (Å²) < 4.78 is 15.8. The van der Waals surface area contributed by atoms with Crippen molar-refractivity contribution in [3.8, 4) is 0 Å². The van der Waals surface area contributed by atoms with Crippen LogP contribution in [0.25, 0.3) is 0 Å². The Morgan fingerprint density at radius 3 is 2.24 bits per heavy atom. The molecule has 2 aliphatic heterocycles. The molecule has 6 unspecified atom stereocenters. The summed E-state index contributed by atoms with van der Waals surface area (Å²) in [6.07, 6.45) is -12.4. The van der Waals surface area contributed by atoms with Crippen molar-refractivity contribution in [3.05, 3.63) is 0 Å². The van der Waals surface area contributed by atoms with Crippen molar-refractivity contribution < 1.29 is 49.6 Å². The average molecular weight is 367 g/mol. The van der Waals surface area contributed by atoms with E-state index >= 15 is 0 Å². The van der Waals surface area contributed by atoms with Crippen LogP contribution >= 0.6 is 0 Å². The van der Waals surface area contributed by atoms with Gasteiger partial charge >= 0.3 is 0 Å². The van der Waals surface area contributed by atoms with Crippen LogP contribution in [0.1, 0.15) is 13.8 Å². The van der Waals surface area contributed by atoms with Gasteiger partial charge in [0.05, 0.1) is 12.7 Å². The van der Waals surface area contributed by atoms with Gasteiger partial charge in [0, 0.05) is 6.92 Å².